The van der Waals surface area contributed by atoms with Crippen molar-refractivity contribution < 1.29 is 9.28 Å². The van der Waals surface area contributed by atoms with Gasteiger partial charge in [0.05, 0.1) is 0 Å². The summed E-state index contributed by atoms with van der Waals surface area (Å²) in [6.45, 7) is 4.04. The topological polar surface area (TPSA) is 26.8 Å². The van der Waals surface area contributed by atoms with Gasteiger partial charge in [0.15, 0.2) is 4.17 Å². The minimum atomic E-state index is -0.863. The van der Waals surface area contributed by atoms with Crippen molar-refractivity contribution in [2.24, 2.45) is 5.92 Å². The molecule has 0 aliphatic carbocycles. The molecular formula is C14H18Cl2FN3OS. The van der Waals surface area contributed by atoms with Gasteiger partial charge in [0.2, 0.25) is 0 Å². The van der Waals surface area contributed by atoms with Crippen LogP contribution in [0.5, 0.6) is 0 Å². The summed E-state index contributed by atoms with van der Waals surface area (Å²) in [4.78, 5) is 13.8. The molecule has 0 spiro atoms. The maximum atomic E-state index is 14.4. The summed E-state index contributed by atoms with van der Waals surface area (Å²) in [6.07, 6.45) is 1.30. The average molecular weight is 366 g/mol. The minimum absolute atomic E-state index is 0.0505. The number of rotatable bonds is 6. The smallest absolute Gasteiger partial charge is 0.272 e. The molecule has 1 aromatic rings. The van der Waals surface area contributed by atoms with E-state index >= 15 is 0 Å². The molecule has 0 N–H and O–H groups in total. The summed E-state index contributed by atoms with van der Waals surface area (Å²) in [5, 5.41) is 0.0895. The van der Waals surface area contributed by atoms with Gasteiger partial charge in [-0.3, -0.25) is 4.90 Å². The average Bonchev–Trinajstić information content (AvgIpc) is 2.73. The highest BCUT2D eigenvalue weighted by molar-refractivity contribution is 8.00. The predicted molar refractivity (Wildman–Crippen MR) is 90.0 cm³/mol. The Morgan fingerprint density at radius 2 is 1.95 bits per heavy atom. The number of carbonyl (C=O) groups excluding carboxylic acids is 1. The Morgan fingerprint density at radius 3 is 2.50 bits per heavy atom. The van der Waals surface area contributed by atoms with E-state index in [1.54, 1.807) is 12.1 Å². The number of nitrogens with zero attached hydrogens (tertiary/aromatic N) is 3. The molecule has 8 heteroatoms. The van der Waals surface area contributed by atoms with E-state index in [2.05, 4.69) is 6.92 Å². The van der Waals surface area contributed by atoms with E-state index in [4.69, 9.17) is 23.2 Å². The Bertz CT molecular complexity index is 508. The number of alkyl halides is 2. The molecule has 1 aliphatic heterocycles. The Kier molecular flexibility index (Phi) is 6.20. The molecule has 1 aliphatic rings. The van der Waals surface area contributed by atoms with E-state index in [0.29, 0.717) is 5.69 Å². The van der Waals surface area contributed by atoms with Gasteiger partial charge in [-0.05, 0) is 36.4 Å². The summed E-state index contributed by atoms with van der Waals surface area (Å²) in [7, 11) is 0. The number of halogens is 3. The van der Waals surface area contributed by atoms with Crippen LogP contribution >= 0.6 is 35.1 Å². The molecule has 0 saturated carbocycles. The molecule has 2 unspecified atom stereocenters. The molecule has 22 heavy (non-hydrogen) atoms. The fourth-order valence-electron chi connectivity index (χ4n) is 2.60. The molecule has 4 nitrogen and oxygen atoms in total. The van der Waals surface area contributed by atoms with Crippen molar-refractivity contribution in [3.8, 4) is 0 Å². The van der Waals surface area contributed by atoms with Crippen molar-refractivity contribution in [2.75, 3.05) is 4.90 Å². The standard InChI is InChI=1S/C14H18Cl2FN3OS/c1-3-7-10(2)12-18(11-8-5-4-6-9-11)14(21)19(17)20(12)22-13(15)16/h4-6,8-10,12-13H,3,7H2,1-2H3. The highest BCUT2D eigenvalue weighted by Gasteiger charge is 2.49. The zero-order valence-corrected chi connectivity index (χ0v) is 14.7. The van der Waals surface area contributed by atoms with Crippen LogP contribution < -0.4 is 4.90 Å². The van der Waals surface area contributed by atoms with Gasteiger partial charge >= 0.3 is 6.03 Å². The fourth-order valence-corrected chi connectivity index (χ4v) is 3.84. The Labute approximate surface area is 144 Å². The number of hydrazine groups is 1. The first kappa shape index (κ1) is 17.7. The summed E-state index contributed by atoms with van der Waals surface area (Å²) in [5.41, 5.74) is 0.645. The largest absolute Gasteiger partial charge is 0.370 e. The number of hydrogen-bond donors (Lipinski definition) is 0. The first-order chi connectivity index (χ1) is 10.5. The third-order valence-electron chi connectivity index (χ3n) is 3.50. The second-order valence-corrected chi connectivity index (χ2v) is 7.77. The molecule has 1 heterocycles. The van der Waals surface area contributed by atoms with Crippen molar-refractivity contribution >= 4 is 46.9 Å². The van der Waals surface area contributed by atoms with E-state index in [1.165, 1.54) is 9.31 Å². The molecule has 1 aromatic carbocycles. The van der Waals surface area contributed by atoms with Crippen molar-refractivity contribution in [3.63, 3.8) is 0 Å². The molecule has 0 bridgehead atoms. The third-order valence-corrected chi connectivity index (χ3v) is 4.72. The van der Waals surface area contributed by atoms with Crippen LogP contribution in [-0.4, -0.2) is 26.0 Å². The van der Waals surface area contributed by atoms with Crippen molar-refractivity contribution in [3.05, 3.63) is 30.3 Å². The number of amides is 2. The van der Waals surface area contributed by atoms with Gasteiger partial charge in [-0.25, -0.2) is 4.79 Å². The highest BCUT2D eigenvalue weighted by atomic mass is 35.5. The normalized spacial score (nSPS) is 21.0. The number of para-hydroxylation sites is 1. The molecular weight excluding hydrogens is 348 g/mol. The van der Waals surface area contributed by atoms with Gasteiger partial charge < -0.3 is 0 Å². The quantitative estimate of drug-likeness (QED) is 0.393. The van der Waals surface area contributed by atoms with E-state index in [9.17, 15) is 9.28 Å². The van der Waals surface area contributed by atoms with Crippen LogP contribution in [0.1, 0.15) is 26.7 Å². The van der Waals surface area contributed by atoms with Crippen LogP contribution in [0.3, 0.4) is 0 Å². The molecule has 2 rings (SSSR count). The van der Waals surface area contributed by atoms with Crippen LogP contribution in [0.4, 0.5) is 15.0 Å². The molecule has 1 saturated heterocycles. The number of urea groups is 1. The lowest BCUT2D eigenvalue weighted by molar-refractivity contribution is -0.0536. The maximum absolute atomic E-state index is 14.4. The first-order valence-electron chi connectivity index (χ1n) is 7.05. The number of hydrogen-bond acceptors (Lipinski definition) is 3. The van der Waals surface area contributed by atoms with E-state index in [0.717, 1.165) is 24.8 Å². The second kappa shape index (κ2) is 7.73. The zero-order chi connectivity index (χ0) is 16.3. The number of benzene rings is 1. The SMILES string of the molecule is CCCC(C)C1N(c2ccccc2)C(=O)N(F)N1SC(Cl)Cl. The van der Waals surface area contributed by atoms with Crippen LogP contribution in [0.25, 0.3) is 0 Å². The van der Waals surface area contributed by atoms with Crippen LogP contribution in [0.15, 0.2) is 30.3 Å². The van der Waals surface area contributed by atoms with Gasteiger partial charge in [-0.1, -0.05) is 71.4 Å². The lowest BCUT2D eigenvalue weighted by Gasteiger charge is -2.32. The molecule has 0 radical (unpaired) electrons. The zero-order valence-electron chi connectivity index (χ0n) is 12.3. The third kappa shape index (κ3) is 3.62. The molecule has 2 atom stereocenters. The van der Waals surface area contributed by atoms with Gasteiger partial charge in [-0.15, -0.1) is 4.41 Å². The lowest BCUT2D eigenvalue weighted by atomic mass is 10.0. The Morgan fingerprint density at radius 1 is 1.32 bits per heavy atom. The van der Waals surface area contributed by atoms with E-state index < -0.39 is 16.4 Å². The van der Waals surface area contributed by atoms with Crippen molar-refractivity contribution in [1.82, 2.24) is 9.65 Å². The molecule has 0 aromatic heterocycles. The Balaban J connectivity index is 2.38. The highest BCUT2D eigenvalue weighted by Crippen LogP contribution is 2.40. The van der Waals surface area contributed by atoms with E-state index in [1.807, 2.05) is 25.1 Å². The maximum Gasteiger partial charge on any atom is 0.370 e. The summed E-state index contributed by atoms with van der Waals surface area (Å²) in [5.74, 6) is 0.0505. The van der Waals surface area contributed by atoms with Crippen LogP contribution in [-0.2, 0) is 0 Å². The van der Waals surface area contributed by atoms with Gasteiger partial charge in [0.1, 0.15) is 6.17 Å². The predicted octanol–water partition coefficient (Wildman–Crippen LogP) is 5.20. The summed E-state index contributed by atoms with van der Waals surface area (Å²) < 4.78 is 14.7. The number of carbonyl (C=O) groups is 1. The Hall–Kier alpha value is -0.690. The molecule has 1 fully saturated rings. The van der Waals surface area contributed by atoms with Crippen LogP contribution in [0.2, 0.25) is 0 Å². The van der Waals surface area contributed by atoms with Gasteiger partial charge in [-0.2, -0.15) is 0 Å². The number of anilines is 1. The van der Waals surface area contributed by atoms with Gasteiger partial charge in [0.25, 0.3) is 0 Å². The van der Waals surface area contributed by atoms with Crippen molar-refractivity contribution in [2.45, 2.75) is 37.0 Å². The molecule has 122 valence electrons. The summed E-state index contributed by atoms with van der Waals surface area (Å²) in [6, 6.07) is 8.31. The lowest BCUT2D eigenvalue weighted by Crippen LogP contribution is -2.42. The first-order valence-corrected chi connectivity index (χ1v) is 8.76. The monoisotopic (exact) mass is 365 g/mol. The minimum Gasteiger partial charge on any atom is -0.272 e. The van der Waals surface area contributed by atoms with Gasteiger partial charge in [0, 0.05) is 5.69 Å². The van der Waals surface area contributed by atoms with E-state index in [-0.39, 0.29) is 11.1 Å². The second-order valence-electron chi connectivity index (χ2n) is 5.10. The van der Waals surface area contributed by atoms with Crippen molar-refractivity contribution in [1.29, 1.82) is 0 Å². The summed E-state index contributed by atoms with van der Waals surface area (Å²) >= 11 is 12.4. The fraction of sp³-hybridized carbons (Fsp3) is 0.500. The van der Waals surface area contributed by atoms with Crippen LogP contribution in [0, 0.1) is 5.92 Å². The molecule has 2 amide bonds.